The Hall–Kier alpha value is -2.80. The van der Waals surface area contributed by atoms with E-state index >= 15 is 0 Å². The summed E-state index contributed by atoms with van der Waals surface area (Å²) in [6.07, 6.45) is 4.03. The molecule has 1 aromatic heterocycles. The first-order chi connectivity index (χ1) is 15.8. The van der Waals surface area contributed by atoms with Gasteiger partial charge >= 0.3 is 0 Å². The highest BCUT2D eigenvalue weighted by atomic mass is 16.2. The van der Waals surface area contributed by atoms with Gasteiger partial charge in [-0.1, -0.05) is 29.8 Å². The first kappa shape index (κ1) is 23.4. The van der Waals surface area contributed by atoms with Gasteiger partial charge in [0.25, 0.3) is 0 Å². The summed E-state index contributed by atoms with van der Waals surface area (Å²) in [5.41, 5.74) is 4.53. The van der Waals surface area contributed by atoms with E-state index in [0.717, 1.165) is 55.3 Å². The van der Waals surface area contributed by atoms with E-state index in [1.165, 1.54) is 11.1 Å². The molecule has 0 saturated carbocycles. The smallest absolute Gasteiger partial charge is 0.236 e. The lowest BCUT2D eigenvalue weighted by molar-refractivity contribution is -0.130. The third-order valence-electron chi connectivity index (χ3n) is 6.79. The molecule has 0 unspecified atom stereocenters. The van der Waals surface area contributed by atoms with Crippen LogP contribution < -0.4 is 4.90 Å². The van der Waals surface area contributed by atoms with Crippen LogP contribution in [0.25, 0.3) is 0 Å². The molecule has 0 N–H and O–H groups in total. The molecule has 1 aromatic carbocycles. The molecule has 2 aliphatic rings. The fourth-order valence-electron chi connectivity index (χ4n) is 4.87. The van der Waals surface area contributed by atoms with Crippen LogP contribution in [0.2, 0.25) is 0 Å². The Morgan fingerprint density at radius 2 is 2.00 bits per heavy atom. The maximum atomic E-state index is 12.9. The zero-order valence-electron chi connectivity index (χ0n) is 20.3. The van der Waals surface area contributed by atoms with E-state index in [0.29, 0.717) is 25.9 Å². The van der Waals surface area contributed by atoms with Gasteiger partial charge in [0.2, 0.25) is 11.8 Å². The molecule has 1 fully saturated rings. The lowest BCUT2D eigenvalue weighted by atomic mass is 9.95. The standard InChI is InChI=1S/C26H35N5O2/c1-18-7-5-8-20(15-18)12-14-31-23(32)11-10-22-19(2)27-25(28-26(22)31)21-9-6-13-30(16-21)17-24(33)29(3)4/h5,7-8,15,21H,6,9-14,16-17H2,1-4H3/t21-/m0/s1. The Balaban J connectivity index is 1.55. The molecule has 7 heteroatoms. The number of rotatable bonds is 6. The second kappa shape index (κ2) is 10.00. The number of likely N-dealkylation sites (N-methyl/N-ethyl adjacent to an activating group) is 1. The van der Waals surface area contributed by atoms with E-state index in [2.05, 4.69) is 36.1 Å². The monoisotopic (exact) mass is 449 g/mol. The number of piperidine rings is 1. The number of aryl methyl sites for hydroxylation is 2. The van der Waals surface area contributed by atoms with E-state index < -0.39 is 0 Å². The van der Waals surface area contributed by atoms with Crippen LogP contribution in [0.5, 0.6) is 0 Å². The molecule has 2 aromatic rings. The Labute approximate surface area is 196 Å². The number of benzene rings is 1. The van der Waals surface area contributed by atoms with Crippen LogP contribution in [-0.2, 0) is 22.4 Å². The highest BCUT2D eigenvalue weighted by Gasteiger charge is 2.31. The van der Waals surface area contributed by atoms with Crippen molar-refractivity contribution in [1.82, 2.24) is 19.8 Å². The number of aromatic nitrogens is 2. The predicted octanol–water partition coefficient (Wildman–Crippen LogP) is 2.88. The molecule has 2 amide bonds. The molecule has 4 rings (SSSR count). The maximum absolute atomic E-state index is 12.9. The van der Waals surface area contributed by atoms with Crippen molar-refractivity contribution in [3.8, 4) is 0 Å². The van der Waals surface area contributed by atoms with Crippen LogP contribution in [-0.4, -0.2) is 71.9 Å². The second-order valence-electron chi connectivity index (χ2n) is 9.62. The number of carbonyl (C=O) groups is 2. The van der Waals surface area contributed by atoms with Crippen molar-refractivity contribution in [3.05, 3.63) is 52.5 Å². The van der Waals surface area contributed by atoms with Crippen LogP contribution in [0.3, 0.4) is 0 Å². The summed E-state index contributed by atoms with van der Waals surface area (Å²) in [4.78, 5) is 40.7. The highest BCUT2D eigenvalue weighted by molar-refractivity contribution is 5.95. The van der Waals surface area contributed by atoms with Gasteiger partial charge in [0.05, 0.1) is 6.54 Å². The van der Waals surface area contributed by atoms with Crippen molar-refractivity contribution >= 4 is 17.6 Å². The summed E-state index contributed by atoms with van der Waals surface area (Å²) in [5, 5.41) is 0. The minimum absolute atomic E-state index is 0.117. The minimum Gasteiger partial charge on any atom is -0.348 e. The molecular formula is C26H35N5O2. The van der Waals surface area contributed by atoms with Gasteiger partial charge in [-0.25, -0.2) is 9.97 Å². The SMILES string of the molecule is Cc1cccc(CCN2C(=O)CCc3c(C)nc([C@H]4CCCN(CC(=O)N(C)C)C4)nc32)c1. The van der Waals surface area contributed by atoms with E-state index in [9.17, 15) is 9.59 Å². The molecule has 1 saturated heterocycles. The maximum Gasteiger partial charge on any atom is 0.236 e. The number of fused-ring (bicyclic) bond motifs is 1. The summed E-state index contributed by atoms with van der Waals surface area (Å²) in [6, 6.07) is 8.45. The van der Waals surface area contributed by atoms with Crippen molar-refractivity contribution in [3.63, 3.8) is 0 Å². The van der Waals surface area contributed by atoms with Gasteiger partial charge in [0.15, 0.2) is 0 Å². The molecule has 1 atom stereocenters. The average molecular weight is 450 g/mol. The van der Waals surface area contributed by atoms with E-state index in [1.807, 2.05) is 11.8 Å². The Kier molecular flexibility index (Phi) is 7.08. The lowest BCUT2D eigenvalue weighted by Crippen LogP contribution is -2.42. The number of anilines is 1. The second-order valence-corrected chi connectivity index (χ2v) is 9.62. The summed E-state index contributed by atoms with van der Waals surface area (Å²) < 4.78 is 0. The quantitative estimate of drug-likeness (QED) is 0.678. The number of likely N-dealkylation sites (tertiary alicyclic amines) is 1. The molecule has 176 valence electrons. The Morgan fingerprint density at radius 1 is 1.18 bits per heavy atom. The van der Waals surface area contributed by atoms with E-state index in [1.54, 1.807) is 19.0 Å². The predicted molar refractivity (Wildman–Crippen MR) is 129 cm³/mol. The largest absolute Gasteiger partial charge is 0.348 e. The van der Waals surface area contributed by atoms with Crippen molar-refractivity contribution in [2.45, 2.75) is 51.9 Å². The first-order valence-electron chi connectivity index (χ1n) is 12.0. The van der Waals surface area contributed by atoms with Gasteiger partial charge in [-0.15, -0.1) is 0 Å². The number of hydrogen-bond donors (Lipinski definition) is 0. The van der Waals surface area contributed by atoms with Crippen LogP contribution >= 0.6 is 0 Å². The van der Waals surface area contributed by atoms with Crippen molar-refractivity contribution in [2.75, 3.05) is 45.2 Å². The molecule has 3 heterocycles. The molecular weight excluding hydrogens is 414 g/mol. The fraction of sp³-hybridized carbons (Fsp3) is 0.538. The third-order valence-corrected chi connectivity index (χ3v) is 6.79. The van der Waals surface area contributed by atoms with Crippen LogP contribution in [0.1, 0.15) is 53.4 Å². The normalized spacial score (nSPS) is 18.8. The van der Waals surface area contributed by atoms with Gasteiger partial charge in [-0.05, 0) is 51.6 Å². The van der Waals surface area contributed by atoms with Gasteiger partial charge < -0.3 is 4.90 Å². The minimum atomic E-state index is 0.117. The molecule has 0 aliphatic carbocycles. The van der Waals surface area contributed by atoms with Crippen LogP contribution in [0.15, 0.2) is 24.3 Å². The van der Waals surface area contributed by atoms with E-state index in [-0.39, 0.29) is 17.7 Å². The fourth-order valence-corrected chi connectivity index (χ4v) is 4.87. The molecule has 7 nitrogen and oxygen atoms in total. The van der Waals surface area contributed by atoms with Gasteiger partial charge in [-0.2, -0.15) is 0 Å². The number of amides is 2. The molecule has 33 heavy (non-hydrogen) atoms. The summed E-state index contributed by atoms with van der Waals surface area (Å²) in [7, 11) is 3.59. The first-order valence-corrected chi connectivity index (χ1v) is 12.0. The zero-order chi connectivity index (χ0) is 23.5. The third kappa shape index (κ3) is 5.41. The van der Waals surface area contributed by atoms with Gasteiger partial charge in [-0.3, -0.25) is 19.4 Å². The average Bonchev–Trinajstić information content (AvgIpc) is 2.78. The number of hydrogen-bond acceptors (Lipinski definition) is 5. The zero-order valence-corrected chi connectivity index (χ0v) is 20.3. The van der Waals surface area contributed by atoms with Gasteiger partial charge in [0, 0.05) is 50.8 Å². The molecule has 0 spiro atoms. The summed E-state index contributed by atoms with van der Waals surface area (Å²) in [5.74, 6) is 2.03. The van der Waals surface area contributed by atoms with Crippen LogP contribution in [0.4, 0.5) is 5.82 Å². The highest BCUT2D eigenvalue weighted by Crippen LogP contribution is 2.32. The summed E-state index contributed by atoms with van der Waals surface area (Å²) in [6.45, 7) is 6.87. The summed E-state index contributed by atoms with van der Waals surface area (Å²) >= 11 is 0. The van der Waals surface area contributed by atoms with Gasteiger partial charge in [0.1, 0.15) is 11.6 Å². The Morgan fingerprint density at radius 3 is 2.76 bits per heavy atom. The van der Waals surface area contributed by atoms with E-state index in [4.69, 9.17) is 9.97 Å². The number of carbonyl (C=O) groups excluding carboxylic acids is 2. The number of nitrogens with zero attached hydrogens (tertiary/aromatic N) is 5. The lowest BCUT2D eigenvalue weighted by Gasteiger charge is -2.34. The van der Waals surface area contributed by atoms with Crippen molar-refractivity contribution < 1.29 is 9.59 Å². The Bertz CT molecular complexity index is 1040. The molecule has 0 bridgehead atoms. The van der Waals surface area contributed by atoms with Crippen LogP contribution in [0, 0.1) is 13.8 Å². The molecule has 2 aliphatic heterocycles. The van der Waals surface area contributed by atoms with Crippen molar-refractivity contribution in [2.24, 2.45) is 0 Å². The topological polar surface area (TPSA) is 69.6 Å². The van der Waals surface area contributed by atoms with Crippen molar-refractivity contribution in [1.29, 1.82) is 0 Å². The molecule has 0 radical (unpaired) electrons.